The molecule has 0 unspecified atom stereocenters. The van der Waals surface area contributed by atoms with Crippen molar-refractivity contribution in [3.05, 3.63) is 57.8 Å². The predicted octanol–water partition coefficient (Wildman–Crippen LogP) is 1.60. The van der Waals surface area contributed by atoms with Crippen LogP contribution >= 0.6 is 0 Å². The predicted molar refractivity (Wildman–Crippen MR) is 71.6 cm³/mol. The number of aromatic hydroxyl groups is 1. The van der Waals surface area contributed by atoms with Gasteiger partial charge >= 0.3 is 5.82 Å². The molecule has 1 aromatic carbocycles. The minimum Gasteiger partial charge on any atom is -0.508 e. The van der Waals surface area contributed by atoms with Crippen LogP contribution in [0.3, 0.4) is 0 Å². The summed E-state index contributed by atoms with van der Waals surface area (Å²) in [6.07, 6.45) is 0.606. The van der Waals surface area contributed by atoms with Gasteiger partial charge < -0.3 is 20.5 Å². The number of nitrogens with zero attached hydrogens (tertiary/aromatic N) is 1. The Hall–Kier alpha value is -2.83. The second-order valence-electron chi connectivity index (χ2n) is 4.19. The topological polar surface area (TPSA) is 108 Å². The normalized spacial score (nSPS) is 10.2. The van der Waals surface area contributed by atoms with Crippen molar-refractivity contribution in [2.45, 2.75) is 6.42 Å². The van der Waals surface area contributed by atoms with Crippen LogP contribution in [0.4, 0.5) is 5.82 Å². The molecule has 7 heteroatoms. The van der Waals surface area contributed by atoms with E-state index in [-0.39, 0.29) is 17.3 Å². The van der Waals surface area contributed by atoms with E-state index in [0.717, 1.165) is 5.56 Å². The molecule has 2 rings (SSSR count). The summed E-state index contributed by atoms with van der Waals surface area (Å²) >= 11 is 0. The maximum Gasteiger partial charge on any atom is 0.321 e. The van der Waals surface area contributed by atoms with Gasteiger partial charge in [-0.3, -0.25) is 4.79 Å². The van der Waals surface area contributed by atoms with Crippen LogP contribution in [0.25, 0.3) is 0 Å². The van der Waals surface area contributed by atoms with E-state index in [9.17, 15) is 14.9 Å². The highest BCUT2D eigenvalue weighted by molar-refractivity contribution is 5.92. The van der Waals surface area contributed by atoms with Gasteiger partial charge in [-0.2, -0.15) is 0 Å². The summed E-state index contributed by atoms with van der Waals surface area (Å²) in [4.78, 5) is 24.0. The number of H-pyrrole nitrogens is 1. The molecular formula is C13H13N3O4. The third-order valence-electron chi connectivity index (χ3n) is 2.75. The molecule has 0 radical (unpaired) electrons. The van der Waals surface area contributed by atoms with Gasteiger partial charge in [-0.1, -0.05) is 12.1 Å². The molecule has 0 saturated carbocycles. The van der Waals surface area contributed by atoms with Crippen molar-refractivity contribution >= 4 is 11.7 Å². The number of carbonyl (C=O) groups is 1. The number of nitro groups is 1. The lowest BCUT2D eigenvalue weighted by atomic mass is 10.1. The Morgan fingerprint density at radius 1 is 1.25 bits per heavy atom. The molecule has 0 saturated heterocycles. The molecule has 0 fully saturated rings. The Kier molecular flexibility index (Phi) is 3.99. The number of aromatic amines is 1. The van der Waals surface area contributed by atoms with E-state index in [4.69, 9.17) is 5.11 Å². The molecule has 0 aliphatic rings. The molecule has 20 heavy (non-hydrogen) atoms. The molecule has 104 valence electrons. The van der Waals surface area contributed by atoms with Gasteiger partial charge in [0.2, 0.25) is 0 Å². The van der Waals surface area contributed by atoms with Gasteiger partial charge in [-0.15, -0.1) is 0 Å². The molecule has 0 spiro atoms. The number of carbonyl (C=O) groups excluding carboxylic acids is 1. The summed E-state index contributed by atoms with van der Waals surface area (Å²) in [5.74, 6) is -0.415. The average Bonchev–Trinajstić information content (AvgIpc) is 2.91. The third-order valence-corrected chi connectivity index (χ3v) is 2.75. The average molecular weight is 275 g/mol. The van der Waals surface area contributed by atoms with Crippen LogP contribution < -0.4 is 5.32 Å². The van der Waals surface area contributed by atoms with Crippen LogP contribution in [-0.2, 0) is 6.42 Å². The molecule has 0 bridgehead atoms. The highest BCUT2D eigenvalue weighted by atomic mass is 16.6. The van der Waals surface area contributed by atoms with E-state index in [1.807, 2.05) is 0 Å². The van der Waals surface area contributed by atoms with Crippen LogP contribution in [0.5, 0.6) is 5.75 Å². The van der Waals surface area contributed by atoms with Crippen molar-refractivity contribution < 1.29 is 14.8 Å². The molecular weight excluding hydrogens is 262 g/mol. The zero-order valence-electron chi connectivity index (χ0n) is 10.5. The number of nitrogens with one attached hydrogen (secondary N) is 2. The van der Waals surface area contributed by atoms with Crippen molar-refractivity contribution in [1.29, 1.82) is 0 Å². The first-order chi connectivity index (χ1) is 9.56. The molecule has 1 aromatic heterocycles. The fraction of sp³-hybridized carbons (Fsp3) is 0.154. The van der Waals surface area contributed by atoms with Gasteiger partial charge in [0.15, 0.2) is 5.69 Å². The lowest BCUT2D eigenvalue weighted by Gasteiger charge is -2.03. The van der Waals surface area contributed by atoms with E-state index in [0.29, 0.717) is 13.0 Å². The van der Waals surface area contributed by atoms with Crippen molar-refractivity contribution in [2.75, 3.05) is 6.54 Å². The van der Waals surface area contributed by atoms with E-state index in [1.54, 1.807) is 24.3 Å². The zero-order chi connectivity index (χ0) is 14.5. The Morgan fingerprint density at radius 3 is 2.55 bits per heavy atom. The number of amides is 1. The van der Waals surface area contributed by atoms with Crippen molar-refractivity contribution in [3.8, 4) is 5.75 Å². The Morgan fingerprint density at radius 2 is 1.95 bits per heavy atom. The van der Waals surface area contributed by atoms with Crippen molar-refractivity contribution in [2.24, 2.45) is 0 Å². The zero-order valence-corrected chi connectivity index (χ0v) is 10.5. The summed E-state index contributed by atoms with van der Waals surface area (Å²) < 4.78 is 0. The first kappa shape index (κ1) is 13.6. The molecule has 2 aromatic rings. The van der Waals surface area contributed by atoms with Gasteiger partial charge in [-0.25, -0.2) is 4.98 Å². The number of phenolic OH excluding ortho intramolecular Hbond substituents is 1. The fourth-order valence-electron chi connectivity index (χ4n) is 1.70. The highest BCUT2D eigenvalue weighted by Gasteiger charge is 2.14. The summed E-state index contributed by atoms with van der Waals surface area (Å²) in [5.41, 5.74) is 1.13. The summed E-state index contributed by atoms with van der Waals surface area (Å²) in [6.45, 7) is 0.399. The Balaban J connectivity index is 1.85. The maximum absolute atomic E-state index is 11.7. The molecule has 1 amide bonds. The number of rotatable bonds is 5. The smallest absolute Gasteiger partial charge is 0.321 e. The maximum atomic E-state index is 11.7. The summed E-state index contributed by atoms with van der Waals surface area (Å²) in [6, 6.07) is 9.29. The van der Waals surface area contributed by atoms with E-state index in [1.165, 1.54) is 12.1 Å². The van der Waals surface area contributed by atoms with Gasteiger partial charge in [0.1, 0.15) is 5.75 Å². The van der Waals surface area contributed by atoms with Crippen LogP contribution in [-0.4, -0.2) is 27.5 Å². The molecule has 0 atom stereocenters. The van der Waals surface area contributed by atoms with Crippen LogP contribution in [0.15, 0.2) is 36.4 Å². The monoisotopic (exact) mass is 275 g/mol. The lowest BCUT2D eigenvalue weighted by Crippen LogP contribution is -2.25. The largest absolute Gasteiger partial charge is 0.508 e. The van der Waals surface area contributed by atoms with Crippen molar-refractivity contribution in [3.63, 3.8) is 0 Å². The minimum absolute atomic E-state index is 0.155. The molecule has 0 aliphatic heterocycles. The number of phenols is 1. The van der Waals surface area contributed by atoms with Gasteiger partial charge in [-0.05, 0) is 35.1 Å². The molecule has 7 nitrogen and oxygen atoms in total. The number of benzene rings is 1. The van der Waals surface area contributed by atoms with E-state index in [2.05, 4.69) is 10.3 Å². The van der Waals surface area contributed by atoms with Crippen molar-refractivity contribution in [1.82, 2.24) is 10.3 Å². The second kappa shape index (κ2) is 5.87. The summed E-state index contributed by atoms with van der Waals surface area (Å²) in [7, 11) is 0. The van der Waals surface area contributed by atoms with Crippen LogP contribution in [0.1, 0.15) is 16.1 Å². The van der Waals surface area contributed by atoms with Gasteiger partial charge in [0.05, 0.1) is 0 Å². The highest BCUT2D eigenvalue weighted by Crippen LogP contribution is 2.11. The van der Waals surface area contributed by atoms with Crippen LogP contribution in [0.2, 0.25) is 0 Å². The van der Waals surface area contributed by atoms with E-state index < -0.39 is 10.8 Å². The minimum atomic E-state index is -0.590. The molecule has 0 aliphatic carbocycles. The first-order valence-electron chi connectivity index (χ1n) is 5.96. The Bertz CT molecular complexity index is 619. The fourth-order valence-corrected chi connectivity index (χ4v) is 1.70. The van der Waals surface area contributed by atoms with Gasteiger partial charge in [0, 0.05) is 12.6 Å². The Labute approximate surface area is 114 Å². The summed E-state index contributed by atoms with van der Waals surface area (Å²) in [5, 5.41) is 22.3. The number of aromatic nitrogens is 1. The first-order valence-corrected chi connectivity index (χ1v) is 5.96. The molecule has 1 heterocycles. The standard InChI is InChI=1S/C13H13N3O4/c17-10-3-1-9(2-4-10)7-8-14-13(18)11-5-6-12(15-11)16(19)20/h1-6,15,17H,7-8H2,(H,14,18). The number of hydrogen-bond donors (Lipinski definition) is 3. The third kappa shape index (κ3) is 3.35. The van der Waals surface area contributed by atoms with Crippen LogP contribution in [0, 0.1) is 10.1 Å². The second-order valence-corrected chi connectivity index (χ2v) is 4.19. The SMILES string of the molecule is O=C(NCCc1ccc(O)cc1)c1ccc([N+](=O)[O-])[nH]1. The van der Waals surface area contributed by atoms with E-state index >= 15 is 0 Å². The quantitative estimate of drug-likeness (QED) is 0.568. The lowest BCUT2D eigenvalue weighted by molar-refractivity contribution is -0.389. The molecule has 3 N–H and O–H groups in total. The number of hydrogen-bond acceptors (Lipinski definition) is 4. The van der Waals surface area contributed by atoms with Gasteiger partial charge in [0.25, 0.3) is 5.91 Å².